The van der Waals surface area contributed by atoms with Crippen LogP contribution in [0.2, 0.25) is 0 Å². The molecule has 1 unspecified atom stereocenters. The van der Waals surface area contributed by atoms with Crippen LogP contribution in [0, 0.1) is 0 Å². The predicted octanol–water partition coefficient (Wildman–Crippen LogP) is 6.82. The minimum absolute atomic E-state index is 0.0541. The Hall–Kier alpha value is -2.27. The Morgan fingerprint density at radius 2 is 1.41 bits per heavy atom. The van der Waals surface area contributed by atoms with E-state index < -0.39 is 7.60 Å². The van der Waals surface area contributed by atoms with Crippen molar-refractivity contribution in [2.24, 2.45) is 0 Å². The molecule has 7 heteroatoms. The summed E-state index contributed by atoms with van der Waals surface area (Å²) in [5.74, 6) is 1.86. The highest BCUT2D eigenvalue weighted by molar-refractivity contribution is 7.53. The molecular formula is C25H35O6P. The van der Waals surface area contributed by atoms with Gasteiger partial charge in [-0.15, -0.1) is 0 Å². The standard InChI is InChI=1S/C25H35O6P/c1-7-19(4)31-25-23(27-5)16-22(17-24(25)28-6)15-12-20-10-13-21(14-11-20)18-32(26,29-8-2)30-9-3/h10-17,19H,7-9,18H2,1-6H3/b15-12+. The van der Waals surface area contributed by atoms with Gasteiger partial charge in [0, 0.05) is 0 Å². The van der Waals surface area contributed by atoms with Crippen molar-refractivity contribution in [1.82, 2.24) is 0 Å². The van der Waals surface area contributed by atoms with Gasteiger partial charge in [-0.05, 0) is 56.0 Å². The van der Waals surface area contributed by atoms with E-state index in [-0.39, 0.29) is 12.3 Å². The van der Waals surface area contributed by atoms with E-state index in [0.29, 0.717) is 30.5 Å². The number of rotatable bonds is 13. The average molecular weight is 463 g/mol. The summed E-state index contributed by atoms with van der Waals surface area (Å²) >= 11 is 0. The quantitative estimate of drug-likeness (QED) is 0.240. The van der Waals surface area contributed by atoms with Gasteiger partial charge < -0.3 is 23.3 Å². The van der Waals surface area contributed by atoms with E-state index in [0.717, 1.165) is 23.1 Å². The number of hydrogen-bond acceptors (Lipinski definition) is 6. The number of methoxy groups -OCH3 is 2. The number of hydrogen-bond donors (Lipinski definition) is 0. The van der Waals surface area contributed by atoms with Crippen LogP contribution in [0.5, 0.6) is 17.2 Å². The molecule has 0 aliphatic carbocycles. The van der Waals surface area contributed by atoms with Crippen LogP contribution in [0.3, 0.4) is 0 Å². The molecule has 1 atom stereocenters. The number of benzene rings is 2. The van der Waals surface area contributed by atoms with Crippen LogP contribution in [0.1, 0.15) is 50.8 Å². The second kappa shape index (κ2) is 12.7. The van der Waals surface area contributed by atoms with Crippen LogP contribution in [-0.4, -0.2) is 33.5 Å². The van der Waals surface area contributed by atoms with Crippen molar-refractivity contribution in [2.75, 3.05) is 27.4 Å². The lowest BCUT2D eigenvalue weighted by atomic mass is 10.1. The van der Waals surface area contributed by atoms with Crippen molar-refractivity contribution < 1.29 is 27.8 Å². The topological polar surface area (TPSA) is 63.2 Å². The lowest BCUT2D eigenvalue weighted by Crippen LogP contribution is -2.11. The Morgan fingerprint density at radius 3 is 1.88 bits per heavy atom. The van der Waals surface area contributed by atoms with Crippen molar-refractivity contribution in [2.45, 2.75) is 46.4 Å². The first kappa shape index (κ1) is 26.0. The summed E-state index contributed by atoms with van der Waals surface area (Å²) < 4.78 is 40.6. The van der Waals surface area contributed by atoms with Gasteiger partial charge in [-0.25, -0.2) is 0 Å². The van der Waals surface area contributed by atoms with Crippen molar-refractivity contribution in [3.05, 3.63) is 53.1 Å². The molecule has 0 saturated carbocycles. The molecule has 0 aromatic heterocycles. The van der Waals surface area contributed by atoms with Gasteiger partial charge >= 0.3 is 7.60 Å². The third kappa shape index (κ3) is 7.40. The SMILES string of the molecule is CCOP(=O)(Cc1ccc(/C=C/c2cc(OC)c(OC(C)CC)c(OC)c2)cc1)OCC. The summed E-state index contributed by atoms with van der Waals surface area (Å²) in [6.45, 7) is 8.41. The Labute approximate surface area is 192 Å². The van der Waals surface area contributed by atoms with Gasteiger partial charge in [-0.1, -0.05) is 43.3 Å². The summed E-state index contributed by atoms with van der Waals surface area (Å²) in [4.78, 5) is 0. The van der Waals surface area contributed by atoms with Gasteiger partial charge in [0.2, 0.25) is 5.75 Å². The monoisotopic (exact) mass is 462 g/mol. The summed E-state index contributed by atoms with van der Waals surface area (Å²) in [6.07, 6.45) is 5.17. The summed E-state index contributed by atoms with van der Waals surface area (Å²) in [7, 11) is 0.124. The van der Waals surface area contributed by atoms with E-state index in [2.05, 4.69) is 6.92 Å². The molecule has 0 aliphatic rings. The highest BCUT2D eigenvalue weighted by atomic mass is 31.2. The lowest BCUT2D eigenvalue weighted by molar-refractivity contribution is 0.198. The van der Waals surface area contributed by atoms with E-state index in [1.54, 1.807) is 14.2 Å². The molecule has 0 aliphatic heterocycles. The Bertz CT molecular complexity index is 888. The number of ether oxygens (including phenoxy) is 3. The summed E-state index contributed by atoms with van der Waals surface area (Å²) in [5.41, 5.74) is 2.84. The summed E-state index contributed by atoms with van der Waals surface area (Å²) in [5, 5.41) is 0. The first-order valence-corrected chi connectivity index (χ1v) is 12.7. The van der Waals surface area contributed by atoms with E-state index in [1.165, 1.54) is 0 Å². The molecule has 6 nitrogen and oxygen atoms in total. The summed E-state index contributed by atoms with van der Waals surface area (Å²) in [6, 6.07) is 11.7. The van der Waals surface area contributed by atoms with Gasteiger partial charge in [0.05, 0.1) is 39.7 Å². The molecule has 0 amide bonds. The molecule has 32 heavy (non-hydrogen) atoms. The van der Waals surface area contributed by atoms with E-state index >= 15 is 0 Å². The molecule has 0 bridgehead atoms. The van der Waals surface area contributed by atoms with Crippen LogP contribution in [0.15, 0.2) is 36.4 Å². The maximum Gasteiger partial charge on any atom is 0.335 e. The fraction of sp³-hybridized carbons (Fsp3) is 0.440. The van der Waals surface area contributed by atoms with Crippen LogP contribution in [0.25, 0.3) is 12.2 Å². The van der Waals surface area contributed by atoms with Gasteiger partial charge in [0.15, 0.2) is 11.5 Å². The molecule has 2 aromatic rings. The molecule has 0 radical (unpaired) electrons. The van der Waals surface area contributed by atoms with E-state index in [9.17, 15) is 4.57 Å². The van der Waals surface area contributed by atoms with Crippen molar-refractivity contribution >= 4 is 19.7 Å². The zero-order chi connectivity index (χ0) is 23.6. The zero-order valence-corrected chi connectivity index (χ0v) is 20.8. The van der Waals surface area contributed by atoms with Gasteiger partial charge in [-0.2, -0.15) is 0 Å². The normalized spacial score (nSPS) is 12.7. The van der Waals surface area contributed by atoms with Crippen LogP contribution >= 0.6 is 7.60 Å². The Morgan fingerprint density at radius 1 is 0.875 bits per heavy atom. The van der Waals surface area contributed by atoms with Crippen LogP contribution < -0.4 is 14.2 Å². The van der Waals surface area contributed by atoms with Crippen molar-refractivity contribution in [3.8, 4) is 17.2 Å². The fourth-order valence-electron chi connectivity index (χ4n) is 3.07. The van der Waals surface area contributed by atoms with E-state index in [4.69, 9.17) is 23.3 Å². The maximum atomic E-state index is 12.7. The average Bonchev–Trinajstić information content (AvgIpc) is 2.79. The maximum absolute atomic E-state index is 12.7. The molecule has 0 spiro atoms. The van der Waals surface area contributed by atoms with Gasteiger partial charge in [0.1, 0.15) is 0 Å². The molecule has 0 saturated heterocycles. The predicted molar refractivity (Wildman–Crippen MR) is 130 cm³/mol. The molecule has 0 fully saturated rings. The highest BCUT2D eigenvalue weighted by Gasteiger charge is 2.23. The first-order chi connectivity index (χ1) is 15.4. The molecule has 2 aromatic carbocycles. The third-order valence-electron chi connectivity index (χ3n) is 4.85. The van der Waals surface area contributed by atoms with Gasteiger partial charge in [-0.3, -0.25) is 4.57 Å². The van der Waals surface area contributed by atoms with Gasteiger partial charge in [0.25, 0.3) is 0 Å². The second-order valence-electron chi connectivity index (χ2n) is 7.27. The molecule has 2 rings (SSSR count). The molecular weight excluding hydrogens is 427 g/mol. The highest BCUT2D eigenvalue weighted by Crippen LogP contribution is 2.51. The molecule has 176 valence electrons. The smallest absolute Gasteiger partial charge is 0.335 e. The minimum Gasteiger partial charge on any atom is -0.493 e. The Balaban J connectivity index is 2.19. The molecule has 0 N–H and O–H groups in total. The molecule has 0 heterocycles. The van der Waals surface area contributed by atoms with E-state index in [1.807, 2.05) is 69.3 Å². The van der Waals surface area contributed by atoms with Crippen molar-refractivity contribution in [1.29, 1.82) is 0 Å². The third-order valence-corrected chi connectivity index (χ3v) is 6.91. The van der Waals surface area contributed by atoms with Crippen molar-refractivity contribution in [3.63, 3.8) is 0 Å². The minimum atomic E-state index is -3.11. The second-order valence-corrected chi connectivity index (χ2v) is 9.33. The van der Waals surface area contributed by atoms with Crippen LogP contribution in [-0.2, 0) is 19.8 Å². The first-order valence-electron chi connectivity index (χ1n) is 11.0. The lowest BCUT2D eigenvalue weighted by Gasteiger charge is -2.18. The zero-order valence-electron chi connectivity index (χ0n) is 19.9. The Kier molecular flexibility index (Phi) is 10.3. The van der Waals surface area contributed by atoms with Crippen LogP contribution in [0.4, 0.5) is 0 Å². The largest absolute Gasteiger partial charge is 0.493 e. The fourth-order valence-corrected chi connectivity index (χ4v) is 4.77.